The lowest BCUT2D eigenvalue weighted by Gasteiger charge is -2.04. The van der Waals surface area contributed by atoms with Gasteiger partial charge in [0.15, 0.2) is 0 Å². The Hall–Kier alpha value is -2.20. The molecule has 2 aromatic rings. The summed E-state index contributed by atoms with van der Waals surface area (Å²) in [5, 5.41) is 12.3. The molecule has 7 heteroatoms. The predicted octanol–water partition coefficient (Wildman–Crippen LogP) is 2.03. The van der Waals surface area contributed by atoms with Crippen LogP contribution in [0.2, 0.25) is 0 Å². The van der Waals surface area contributed by atoms with Gasteiger partial charge < -0.3 is 10.1 Å². The zero-order valence-electron chi connectivity index (χ0n) is 10.8. The Morgan fingerprint density at radius 2 is 2.21 bits per heavy atom. The van der Waals surface area contributed by atoms with Gasteiger partial charge in [-0.05, 0) is 19.4 Å². The number of ether oxygens (including phenoxy) is 1. The first kappa shape index (κ1) is 13.2. The second-order valence-corrected chi connectivity index (χ2v) is 4.86. The fraction of sp³-hybridized carbons (Fsp3) is 0.333. The van der Waals surface area contributed by atoms with Crippen molar-refractivity contribution in [3.05, 3.63) is 16.3 Å². The van der Waals surface area contributed by atoms with E-state index in [0.29, 0.717) is 21.3 Å². The van der Waals surface area contributed by atoms with E-state index in [-0.39, 0.29) is 12.5 Å². The minimum Gasteiger partial charge on any atom is -0.465 e. The van der Waals surface area contributed by atoms with Crippen LogP contribution in [0.4, 0.5) is 5.82 Å². The van der Waals surface area contributed by atoms with Crippen molar-refractivity contribution in [1.29, 1.82) is 5.26 Å². The van der Waals surface area contributed by atoms with Gasteiger partial charge in [0.25, 0.3) is 0 Å². The van der Waals surface area contributed by atoms with Gasteiger partial charge in [-0.15, -0.1) is 11.3 Å². The zero-order chi connectivity index (χ0) is 14.0. The fourth-order valence-electron chi connectivity index (χ4n) is 1.78. The first-order valence-corrected chi connectivity index (χ1v) is 6.37. The van der Waals surface area contributed by atoms with E-state index < -0.39 is 0 Å². The van der Waals surface area contributed by atoms with Gasteiger partial charge in [0.1, 0.15) is 27.9 Å². The van der Waals surface area contributed by atoms with Gasteiger partial charge in [-0.3, -0.25) is 0 Å². The monoisotopic (exact) mass is 276 g/mol. The summed E-state index contributed by atoms with van der Waals surface area (Å²) < 4.78 is 4.75. The van der Waals surface area contributed by atoms with Crippen molar-refractivity contribution < 1.29 is 9.53 Å². The Balaban J connectivity index is 2.66. The van der Waals surface area contributed by atoms with Crippen LogP contribution in [-0.4, -0.2) is 29.6 Å². The summed E-state index contributed by atoms with van der Waals surface area (Å²) in [6, 6.07) is 2.00. The summed E-state index contributed by atoms with van der Waals surface area (Å²) in [6.07, 6.45) is 0. The molecule has 0 saturated heterocycles. The molecule has 0 atom stereocenters. The Morgan fingerprint density at radius 3 is 2.84 bits per heavy atom. The molecule has 0 spiro atoms. The van der Waals surface area contributed by atoms with Gasteiger partial charge in [-0.2, -0.15) is 5.26 Å². The Bertz CT molecular complexity index is 687. The molecule has 19 heavy (non-hydrogen) atoms. The van der Waals surface area contributed by atoms with Gasteiger partial charge >= 0.3 is 5.97 Å². The molecule has 0 aliphatic carbocycles. The molecule has 2 rings (SSSR count). The van der Waals surface area contributed by atoms with Crippen molar-refractivity contribution in [2.45, 2.75) is 13.8 Å². The molecule has 0 aromatic carbocycles. The third-order valence-corrected chi connectivity index (χ3v) is 3.77. The van der Waals surface area contributed by atoms with Crippen molar-refractivity contribution in [3.8, 4) is 6.07 Å². The molecule has 98 valence electrons. The summed E-state index contributed by atoms with van der Waals surface area (Å²) in [5.41, 5.74) is 0.771. The molecule has 6 nitrogen and oxygen atoms in total. The molecule has 0 amide bonds. The highest BCUT2D eigenvalue weighted by Crippen LogP contribution is 2.34. The average molecular weight is 276 g/mol. The normalized spacial score (nSPS) is 10.2. The number of methoxy groups -OCH3 is 1. The molecule has 2 aromatic heterocycles. The maximum absolute atomic E-state index is 11.7. The molecule has 0 radical (unpaired) electrons. The molecule has 0 fully saturated rings. The number of esters is 1. The molecule has 0 saturated carbocycles. The number of fused-ring (bicyclic) bond motifs is 1. The minimum atomic E-state index is -0.385. The number of aromatic nitrogens is 2. The Kier molecular flexibility index (Phi) is 3.62. The van der Waals surface area contributed by atoms with Crippen LogP contribution in [0.15, 0.2) is 0 Å². The lowest BCUT2D eigenvalue weighted by atomic mass is 10.2. The second kappa shape index (κ2) is 5.20. The summed E-state index contributed by atoms with van der Waals surface area (Å²) in [5.74, 6) is 0.781. The molecular formula is C12H12N4O2S. The number of anilines is 1. The van der Waals surface area contributed by atoms with Crippen LogP contribution in [0, 0.1) is 25.2 Å². The maximum atomic E-state index is 11.7. The van der Waals surface area contributed by atoms with Crippen LogP contribution in [-0.2, 0) is 4.74 Å². The second-order valence-electron chi connectivity index (χ2n) is 3.86. The van der Waals surface area contributed by atoms with Crippen molar-refractivity contribution in [1.82, 2.24) is 9.97 Å². The molecule has 0 aliphatic rings. The highest BCUT2D eigenvalue weighted by atomic mass is 32.1. The molecular weight excluding hydrogens is 264 g/mol. The van der Waals surface area contributed by atoms with Gasteiger partial charge in [0.05, 0.1) is 18.6 Å². The largest absolute Gasteiger partial charge is 0.465 e. The number of rotatable bonds is 3. The van der Waals surface area contributed by atoms with E-state index in [4.69, 9.17) is 10.00 Å². The number of nitriles is 1. The fourth-order valence-corrected chi connectivity index (χ4v) is 2.93. The minimum absolute atomic E-state index is 0.147. The zero-order valence-corrected chi connectivity index (χ0v) is 11.6. The molecule has 0 unspecified atom stereocenters. The van der Waals surface area contributed by atoms with Crippen LogP contribution < -0.4 is 5.32 Å². The first-order chi connectivity index (χ1) is 9.08. The smallest absolute Gasteiger partial charge is 0.348 e. The van der Waals surface area contributed by atoms with Crippen LogP contribution in [0.5, 0.6) is 0 Å². The molecule has 1 N–H and O–H groups in total. The van der Waals surface area contributed by atoms with E-state index in [1.165, 1.54) is 18.4 Å². The van der Waals surface area contributed by atoms with E-state index in [2.05, 4.69) is 15.3 Å². The number of nitrogens with one attached hydrogen (secondary N) is 1. The van der Waals surface area contributed by atoms with Crippen LogP contribution in [0.25, 0.3) is 10.2 Å². The number of nitrogens with zero attached hydrogens (tertiary/aromatic N) is 3. The van der Waals surface area contributed by atoms with Crippen LogP contribution >= 0.6 is 11.3 Å². The third kappa shape index (κ3) is 2.35. The lowest BCUT2D eigenvalue weighted by Crippen LogP contribution is -2.04. The Labute approximate surface area is 114 Å². The topological polar surface area (TPSA) is 87.9 Å². The number of hydrogen-bond acceptors (Lipinski definition) is 7. The predicted molar refractivity (Wildman–Crippen MR) is 72.3 cm³/mol. The summed E-state index contributed by atoms with van der Waals surface area (Å²) >= 11 is 1.27. The highest BCUT2D eigenvalue weighted by Gasteiger charge is 2.20. The SMILES string of the molecule is COC(=O)c1sc2nc(C)nc(NCC#N)c2c1C. The molecule has 0 bridgehead atoms. The maximum Gasteiger partial charge on any atom is 0.348 e. The van der Waals surface area contributed by atoms with E-state index in [0.717, 1.165) is 10.9 Å². The number of thiophene rings is 1. The van der Waals surface area contributed by atoms with Crippen LogP contribution in [0.3, 0.4) is 0 Å². The average Bonchev–Trinajstić information content (AvgIpc) is 2.72. The van der Waals surface area contributed by atoms with Gasteiger partial charge in [-0.1, -0.05) is 0 Å². The quantitative estimate of drug-likeness (QED) is 0.681. The van der Waals surface area contributed by atoms with E-state index in [9.17, 15) is 4.79 Å². The summed E-state index contributed by atoms with van der Waals surface area (Å²) in [4.78, 5) is 21.5. The molecule has 0 aliphatic heterocycles. The third-order valence-electron chi connectivity index (χ3n) is 2.61. The van der Waals surface area contributed by atoms with Gasteiger partial charge in [0.2, 0.25) is 0 Å². The number of carbonyl (C=O) groups is 1. The number of hydrogen-bond donors (Lipinski definition) is 1. The molecule has 2 heterocycles. The number of aryl methyl sites for hydroxylation is 2. The highest BCUT2D eigenvalue weighted by molar-refractivity contribution is 7.20. The van der Waals surface area contributed by atoms with E-state index in [1.807, 2.05) is 13.0 Å². The van der Waals surface area contributed by atoms with Crippen molar-refractivity contribution in [2.24, 2.45) is 0 Å². The van der Waals surface area contributed by atoms with Crippen LogP contribution in [0.1, 0.15) is 21.1 Å². The van der Waals surface area contributed by atoms with Gasteiger partial charge in [0, 0.05) is 0 Å². The summed E-state index contributed by atoms with van der Waals surface area (Å²) in [6.45, 7) is 3.74. The van der Waals surface area contributed by atoms with Crippen molar-refractivity contribution >= 4 is 33.3 Å². The van der Waals surface area contributed by atoms with E-state index in [1.54, 1.807) is 6.92 Å². The van der Waals surface area contributed by atoms with Gasteiger partial charge in [-0.25, -0.2) is 14.8 Å². The standard InChI is InChI=1S/C12H12N4O2S/c1-6-8-10(14-5-4-13)15-7(2)16-11(8)19-9(6)12(17)18-3/h5H2,1-3H3,(H,14,15,16). The van der Waals surface area contributed by atoms with Crippen molar-refractivity contribution in [2.75, 3.05) is 19.0 Å². The first-order valence-electron chi connectivity index (χ1n) is 5.55. The summed E-state index contributed by atoms with van der Waals surface area (Å²) in [7, 11) is 1.35. The van der Waals surface area contributed by atoms with Crippen molar-refractivity contribution in [3.63, 3.8) is 0 Å². The Morgan fingerprint density at radius 1 is 1.47 bits per heavy atom. The number of carbonyl (C=O) groups excluding carboxylic acids is 1. The lowest BCUT2D eigenvalue weighted by molar-refractivity contribution is 0.0605. The van der Waals surface area contributed by atoms with E-state index >= 15 is 0 Å².